The van der Waals surface area contributed by atoms with Gasteiger partial charge in [0, 0.05) is 42.3 Å². The van der Waals surface area contributed by atoms with Gasteiger partial charge in [0.15, 0.2) is 0 Å². The van der Waals surface area contributed by atoms with Gasteiger partial charge in [-0.2, -0.15) is 0 Å². The van der Waals surface area contributed by atoms with Crippen molar-refractivity contribution in [2.45, 2.75) is 31.6 Å². The summed E-state index contributed by atoms with van der Waals surface area (Å²) in [5.74, 6) is 0.185. The Labute approximate surface area is 188 Å². The Morgan fingerprint density at radius 1 is 0.968 bits per heavy atom. The molecule has 3 rings (SSSR count). The summed E-state index contributed by atoms with van der Waals surface area (Å²) in [5.41, 5.74) is 1.75. The van der Waals surface area contributed by atoms with Crippen LogP contribution in [0.3, 0.4) is 0 Å². The van der Waals surface area contributed by atoms with Crippen molar-refractivity contribution in [3.8, 4) is 0 Å². The molecule has 0 saturated carbocycles. The van der Waals surface area contributed by atoms with Crippen molar-refractivity contribution in [1.29, 1.82) is 0 Å². The van der Waals surface area contributed by atoms with E-state index in [4.69, 9.17) is 0 Å². The third-order valence-corrected chi connectivity index (χ3v) is 6.44. The second-order valence-corrected chi connectivity index (χ2v) is 8.40. The van der Waals surface area contributed by atoms with Gasteiger partial charge < -0.3 is 15.1 Å². The quantitative estimate of drug-likeness (QED) is 0.628. The molecule has 1 aliphatic rings. The molecule has 0 unspecified atom stereocenters. The smallest absolute Gasteiger partial charge is 0.256 e. The first-order valence-corrected chi connectivity index (χ1v) is 11.7. The zero-order valence-corrected chi connectivity index (χ0v) is 18.9. The highest BCUT2D eigenvalue weighted by Gasteiger charge is 2.19. The summed E-state index contributed by atoms with van der Waals surface area (Å²) >= 11 is 1.39. The predicted molar refractivity (Wildman–Crippen MR) is 125 cm³/mol. The molecule has 3 amide bonds. The molecule has 2 aromatic carbocycles. The zero-order chi connectivity index (χ0) is 22.2. The Hall–Kier alpha value is -2.80. The summed E-state index contributed by atoms with van der Waals surface area (Å²) in [6.45, 7) is 6.86. The highest BCUT2D eigenvalue weighted by molar-refractivity contribution is 8.00. The van der Waals surface area contributed by atoms with Gasteiger partial charge in [0.05, 0.1) is 11.3 Å². The van der Waals surface area contributed by atoms with Crippen molar-refractivity contribution in [2.75, 3.05) is 37.2 Å². The fourth-order valence-corrected chi connectivity index (χ4v) is 4.52. The SMILES string of the molecule is CCN(CC)C(=O)c1ccc(NC(=O)c2ccccc2SCC(=O)N2CCCC2)cc1. The number of nitrogens with one attached hydrogen (secondary N) is 1. The molecule has 0 radical (unpaired) electrons. The van der Waals surface area contributed by atoms with E-state index in [2.05, 4.69) is 5.32 Å². The van der Waals surface area contributed by atoms with Crippen LogP contribution in [0.4, 0.5) is 5.69 Å². The number of rotatable bonds is 8. The minimum atomic E-state index is -0.237. The Morgan fingerprint density at radius 3 is 2.26 bits per heavy atom. The molecule has 31 heavy (non-hydrogen) atoms. The fourth-order valence-electron chi connectivity index (χ4n) is 3.57. The second kappa shape index (κ2) is 11.0. The van der Waals surface area contributed by atoms with Crippen LogP contribution in [0.15, 0.2) is 53.4 Å². The van der Waals surface area contributed by atoms with Crippen molar-refractivity contribution in [2.24, 2.45) is 0 Å². The Morgan fingerprint density at radius 2 is 1.61 bits per heavy atom. The predicted octanol–water partition coefficient (Wildman–Crippen LogP) is 4.14. The van der Waals surface area contributed by atoms with E-state index in [0.717, 1.165) is 30.8 Å². The number of hydrogen-bond acceptors (Lipinski definition) is 4. The average molecular weight is 440 g/mol. The van der Waals surface area contributed by atoms with Gasteiger partial charge in [-0.1, -0.05) is 12.1 Å². The molecular formula is C24H29N3O3S. The lowest BCUT2D eigenvalue weighted by atomic mass is 10.1. The summed E-state index contributed by atoms with van der Waals surface area (Å²) in [5, 5.41) is 2.89. The number of amides is 3. The topological polar surface area (TPSA) is 69.7 Å². The van der Waals surface area contributed by atoms with E-state index in [-0.39, 0.29) is 17.7 Å². The number of carbonyl (C=O) groups is 3. The van der Waals surface area contributed by atoms with E-state index in [9.17, 15) is 14.4 Å². The van der Waals surface area contributed by atoms with E-state index in [1.165, 1.54) is 11.8 Å². The summed E-state index contributed by atoms with van der Waals surface area (Å²) < 4.78 is 0. The number of hydrogen-bond donors (Lipinski definition) is 1. The normalized spacial score (nSPS) is 13.2. The van der Waals surface area contributed by atoms with Gasteiger partial charge in [-0.3, -0.25) is 14.4 Å². The van der Waals surface area contributed by atoms with Gasteiger partial charge in [-0.05, 0) is 63.1 Å². The summed E-state index contributed by atoms with van der Waals surface area (Å²) in [7, 11) is 0. The van der Waals surface area contributed by atoms with Crippen LogP contribution in [0.2, 0.25) is 0 Å². The standard InChI is InChI=1S/C24H29N3O3S/c1-3-26(4-2)24(30)18-11-13-19(14-12-18)25-23(29)20-9-5-6-10-21(20)31-17-22(28)27-15-7-8-16-27/h5-6,9-14H,3-4,7-8,15-17H2,1-2H3,(H,25,29). The molecule has 1 N–H and O–H groups in total. The summed E-state index contributed by atoms with van der Waals surface area (Å²) in [6.07, 6.45) is 2.13. The molecule has 7 heteroatoms. The lowest BCUT2D eigenvalue weighted by molar-refractivity contribution is -0.127. The molecule has 164 valence electrons. The van der Waals surface area contributed by atoms with Crippen molar-refractivity contribution >= 4 is 35.2 Å². The Balaban J connectivity index is 1.64. The van der Waals surface area contributed by atoms with Crippen LogP contribution in [0.25, 0.3) is 0 Å². The molecule has 1 heterocycles. The lowest BCUT2D eigenvalue weighted by Gasteiger charge is -2.18. The Bertz CT molecular complexity index is 920. The van der Waals surface area contributed by atoms with Crippen LogP contribution in [0.5, 0.6) is 0 Å². The lowest BCUT2D eigenvalue weighted by Crippen LogP contribution is -2.30. The average Bonchev–Trinajstić information content (AvgIpc) is 3.34. The van der Waals surface area contributed by atoms with Gasteiger partial charge in [-0.15, -0.1) is 11.8 Å². The minimum Gasteiger partial charge on any atom is -0.342 e. The molecule has 1 aliphatic heterocycles. The molecule has 0 atom stereocenters. The molecule has 0 bridgehead atoms. The largest absolute Gasteiger partial charge is 0.342 e. The number of anilines is 1. The number of likely N-dealkylation sites (tertiary alicyclic amines) is 1. The molecule has 0 aromatic heterocycles. The summed E-state index contributed by atoms with van der Waals surface area (Å²) in [4.78, 5) is 42.1. The summed E-state index contributed by atoms with van der Waals surface area (Å²) in [6, 6.07) is 14.2. The monoisotopic (exact) mass is 439 g/mol. The van der Waals surface area contributed by atoms with E-state index >= 15 is 0 Å². The van der Waals surface area contributed by atoms with Crippen LogP contribution in [-0.2, 0) is 4.79 Å². The maximum Gasteiger partial charge on any atom is 0.256 e. The van der Waals surface area contributed by atoms with E-state index in [1.54, 1.807) is 35.2 Å². The van der Waals surface area contributed by atoms with Crippen LogP contribution >= 0.6 is 11.8 Å². The third kappa shape index (κ3) is 5.88. The van der Waals surface area contributed by atoms with Gasteiger partial charge in [0.2, 0.25) is 5.91 Å². The van der Waals surface area contributed by atoms with Crippen molar-refractivity contribution < 1.29 is 14.4 Å². The van der Waals surface area contributed by atoms with Gasteiger partial charge >= 0.3 is 0 Å². The number of thioether (sulfide) groups is 1. The molecule has 1 fully saturated rings. The molecule has 6 nitrogen and oxygen atoms in total. The first kappa shape index (κ1) is 22.9. The molecule has 0 aliphatic carbocycles. The first-order valence-electron chi connectivity index (χ1n) is 10.7. The van der Waals surface area contributed by atoms with Gasteiger partial charge in [0.1, 0.15) is 0 Å². The van der Waals surface area contributed by atoms with Crippen LogP contribution < -0.4 is 5.32 Å². The van der Waals surface area contributed by atoms with Crippen molar-refractivity contribution in [3.63, 3.8) is 0 Å². The zero-order valence-electron chi connectivity index (χ0n) is 18.1. The van der Waals surface area contributed by atoms with Crippen LogP contribution in [-0.4, -0.2) is 59.5 Å². The molecular weight excluding hydrogens is 410 g/mol. The maximum atomic E-state index is 12.9. The molecule has 0 spiro atoms. The van der Waals surface area contributed by atoms with Crippen LogP contribution in [0, 0.1) is 0 Å². The van der Waals surface area contributed by atoms with Crippen molar-refractivity contribution in [3.05, 3.63) is 59.7 Å². The third-order valence-electron chi connectivity index (χ3n) is 5.38. The van der Waals surface area contributed by atoms with Gasteiger partial charge in [-0.25, -0.2) is 0 Å². The highest BCUT2D eigenvalue weighted by Crippen LogP contribution is 2.25. The van der Waals surface area contributed by atoms with Crippen LogP contribution in [0.1, 0.15) is 47.4 Å². The number of carbonyl (C=O) groups excluding carboxylic acids is 3. The van der Waals surface area contributed by atoms with E-state index in [1.807, 2.05) is 36.9 Å². The van der Waals surface area contributed by atoms with E-state index in [0.29, 0.717) is 35.7 Å². The Kier molecular flexibility index (Phi) is 8.12. The fraction of sp³-hybridized carbons (Fsp3) is 0.375. The molecule has 2 aromatic rings. The first-order chi connectivity index (χ1) is 15.0. The molecule has 1 saturated heterocycles. The van der Waals surface area contributed by atoms with E-state index < -0.39 is 0 Å². The maximum absolute atomic E-state index is 12.9. The minimum absolute atomic E-state index is 0.0210. The number of benzene rings is 2. The number of nitrogens with zero attached hydrogens (tertiary/aromatic N) is 2. The van der Waals surface area contributed by atoms with Gasteiger partial charge in [0.25, 0.3) is 11.8 Å². The van der Waals surface area contributed by atoms with Crippen molar-refractivity contribution in [1.82, 2.24) is 9.80 Å². The highest BCUT2D eigenvalue weighted by atomic mass is 32.2. The second-order valence-electron chi connectivity index (χ2n) is 7.38.